The maximum atomic E-state index is 12.7. The third-order valence-electron chi connectivity index (χ3n) is 5.17. The van der Waals surface area contributed by atoms with Crippen molar-refractivity contribution in [3.8, 4) is 0 Å². The molecule has 1 aromatic rings. The van der Waals surface area contributed by atoms with E-state index in [-0.39, 0.29) is 37.1 Å². The highest BCUT2D eigenvalue weighted by atomic mass is 35.6. The van der Waals surface area contributed by atoms with E-state index in [1.54, 1.807) is 4.90 Å². The van der Waals surface area contributed by atoms with Gasteiger partial charge in [-0.1, -0.05) is 71.2 Å². The second kappa shape index (κ2) is 8.93. The highest BCUT2D eigenvalue weighted by Crippen LogP contribution is 2.42. The van der Waals surface area contributed by atoms with E-state index in [0.717, 1.165) is 18.4 Å². The van der Waals surface area contributed by atoms with E-state index in [1.807, 2.05) is 18.2 Å². The number of hydrogen-bond donors (Lipinski definition) is 0. The van der Waals surface area contributed by atoms with Crippen LogP contribution in [0.5, 0.6) is 0 Å². The predicted octanol–water partition coefficient (Wildman–Crippen LogP) is 4.86. The number of nitrogens with zero attached hydrogens (tertiary/aromatic N) is 1. The molecule has 0 unspecified atom stereocenters. The number of piperidine rings is 1. The van der Waals surface area contributed by atoms with E-state index in [9.17, 15) is 9.59 Å². The predicted molar refractivity (Wildman–Crippen MR) is 109 cm³/mol. The highest BCUT2D eigenvalue weighted by molar-refractivity contribution is 6.67. The molecular formula is C20H22Cl3NO4. The molecule has 1 saturated heterocycles. The topological polar surface area (TPSA) is 55.8 Å². The lowest BCUT2D eigenvalue weighted by molar-refractivity contribution is -0.140. The van der Waals surface area contributed by atoms with Gasteiger partial charge >= 0.3 is 12.1 Å². The quantitative estimate of drug-likeness (QED) is 0.376. The summed E-state index contributed by atoms with van der Waals surface area (Å²) in [6.45, 7) is 1.72. The van der Waals surface area contributed by atoms with Gasteiger partial charge in [0.1, 0.15) is 13.2 Å². The zero-order chi connectivity index (χ0) is 20.3. The van der Waals surface area contributed by atoms with Gasteiger partial charge in [0.25, 0.3) is 0 Å². The molecule has 28 heavy (non-hydrogen) atoms. The van der Waals surface area contributed by atoms with E-state index in [2.05, 4.69) is 18.2 Å². The monoisotopic (exact) mass is 445 g/mol. The van der Waals surface area contributed by atoms with E-state index < -0.39 is 9.89 Å². The smallest absolute Gasteiger partial charge is 0.410 e. The normalized spacial score (nSPS) is 24.4. The first kappa shape index (κ1) is 21.3. The Morgan fingerprint density at radius 1 is 1.14 bits per heavy atom. The number of carbonyl (C=O) groups is 2. The zero-order valence-corrected chi connectivity index (χ0v) is 17.7. The lowest BCUT2D eigenvalue weighted by Gasteiger charge is -2.38. The fraction of sp³-hybridized carbons (Fsp3) is 0.500. The number of amides is 1. The lowest BCUT2D eigenvalue weighted by atomic mass is 9.82. The molecule has 2 bridgehead atoms. The van der Waals surface area contributed by atoms with E-state index >= 15 is 0 Å². The molecule has 0 aromatic heterocycles. The molecular weight excluding hydrogens is 425 g/mol. The minimum absolute atomic E-state index is 0.128. The molecule has 1 amide bonds. The van der Waals surface area contributed by atoms with Crippen molar-refractivity contribution in [1.29, 1.82) is 0 Å². The number of carbonyl (C=O) groups excluding carboxylic acids is 2. The summed E-state index contributed by atoms with van der Waals surface area (Å²) in [7, 11) is 0. The Labute approximate surface area is 179 Å². The first-order chi connectivity index (χ1) is 13.2. The van der Waals surface area contributed by atoms with Crippen LogP contribution >= 0.6 is 34.8 Å². The van der Waals surface area contributed by atoms with Gasteiger partial charge in [0.15, 0.2) is 0 Å². The second-order valence-electron chi connectivity index (χ2n) is 7.13. The summed E-state index contributed by atoms with van der Waals surface area (Å²) in [5.74, 6) is -0.00203. The molecule has 3 atom stereocenters. The summed E-state index contributed by atoms with van der Waals surface area (Å²) in [6, 6.07) is 9.93. The van der Waals surface area contributed by atoms with E-state index in [1.165, 1.54) is 12.5 Å². The van der Waals surface area contributed by atoms with Crippen molar-refractivity contribution in [2.45, 2.75) is 35.5 Å². The third-order valence-corrected chi connectivity index (χ3v) is 5.50. The van der Waals surface area contributed by atoms with Crippen LogP contribution in [0.25, 0.3) is 0 Å². The summed E-state index contributed by atoms with van der Waals surface area (Å²) < 4.78 is 8.83. The number of ether oxygens (including phenoxy) is 2. The van der Waals surface area contributed by atoms with Crippen LogP contribution in [0, 0.1) is 5.92 Å². The van der Waals surface area contributed by atoms with Gasteiger partial charge in [-0.15, -0.1) is 0 Å². The van der Waals surface area contributed by atoms with E-state index in [4.69, 9.17) is 44.3 Å². The maximum Gasteiger partial charge on any atom is 0.410 e. The average molecular weight is 447 g/mol. The number of hydrogen-bond acceptors (Lipinski definition) is 4. The summed E-state index contributed by atoms with van der Waals surface area (Å²) in [4.78, 5) is 25.7. The molecule has 5 nitrogen and oxygen atoms in total. The Morgan fingerprint density at radius 2 is 1.86 bits per heavy atom. The number of fused-ring (bicyclic) bond motifs is 3. The van der Waals surface area contributed by atoms with Gasteiger partial charge in [0.2, 0.25) is 3.79 Å². The summed E-state index contributed by atoms with van der Waals surface area (Å²) >= 11 is 17.1. The summed E-state index contributed by atoms with van der Waals surface area (Å²) in [6.07, 6.45) is 3.34. The summed E-state index contributed by atoms with van der Waals surface area (Å²) in [5.41, 5.74) is 2.07. The Bertz CT molecular complexity index is 748. The number of esters is 1. The molecule has 4 rings (SSSR count). The molecule has 2 aliphatic heterocycles. The fourth-order valence-corrected chi connectivity index (χ4v) is 4.12. The number of rotatable bonds is 4. The molecule has 0 saturated carbocycles. The van der Waals surface area contributed by atoms with Gasteiger partial charge in [-0.05, 0) is 29.9 Å². The molecule has 2 heterocycles. The van der Waals surface area contributed by atoms with Crippen LogP contribution in [0.4, 0.5) is 4.79 Å². The van der Waals surface area contributed by atoms with E-state index in [0.29, 0.717) is 6.54 Å². The number of halogens is 3. The van der Waals surface area contributed by atoms with Crippen molar-refractivity contribution in [3.05, 3.63) is 47.5 Å². The van der Waals surface area contributed by atoms with Crippen molar-refractivity contribution in [3.63, 3.8) is 0 Å². The van der Waals surface area contributed by atoms with Crippen molar-refractivity contribution < 1.29 is 19.1 Å². The van der Waals surface area contributed by atoms with Gasteiger partial charge in [0.05, 0.1) is 6.04 Å². The Kier molecular flexibility index (Phi) is 6.79. The molecule has 0 spiro atoms. The third kappa shape index (κ3) is 5.34. The van der Waals surface area contributed by atoms with Crippen LogP contribution < -0.4 is 0 Å². The van der Waals surface area contributed by atoms with Gasteiger partial charge in [0, 0.05) is 19.4 Å². The Balaban J connectivity index is 1.86. The van der Waals surface area contributed by atoms with Crippen molar-refractivity contribution in [2.75, 3.05) is 19.8 Å². The van der Waals surface area contributed by atoms with Crippen LogP contribution in [-0.4, -0.2) is 46.6 Å². The second-order valence-corrected chi connectivity index (χ2v) is 9.65. The first-order valence-electron chi connectivity index (χ1n) is 9.13. The zero-order valence-electron chi connectivity index (χ0n) is 15.4. The SMILES string of the molecule is CC(=O)OCC1=C[C@H](c2ccccc2)[C@@H]2CC[C@H]1N(C(=O)OCC(Cl)(Cl)Cl)C2. The van der Waals surface area contributed by atoms with Gasteiger partial charge in [-0.25, -0.2) is 4.79 Å². The first-order valence-corrected chi connectivity index (χ1v) is 10.3. The van der Waals surface area contributed by atoms with Crippen LogP contribution in [-0.2, 0) is 14.3 Å². The standard InChI is InChI=1S/C20H22Cl3NO4/c1-13(25)27-11-16-9-17(14-5-3-2-4-6-14)15-7-8-18(16)24(10-15)19(26)28-12-20(21,22)23/h2-6,9,15,17-18H,7-8,10-12H2,1H3/t15-,17-,18-/m1/s1. The van der Waals surface area contributed by atoms with Crippen molar-refractivity contribution in [1.82, 2.24) is 4.90 Å². The lowest BCUT2D eigenvalue weighted by Crippen LogP contribution is -2.48. The molecule has 1 fully saturated rings. The molecule has 152 valence electrons. The average Bonchev–Trinajstić information content (AvgIpc) is 2.92. The van der Waals surface area contributed by atoms with Crippen molar-refractivity contribution in [2.24, 2.45) is 5.92 Å². The minimum atomic E-state index is -1.66. The molecule has 3 aliphatic rings. The fourth-order valence-electron chi connectivity index (χ4n) is 3.96. The molecule has 8 heteroatoms. The van der Waals surface area contributed by atoms with Gasteiger partial charge < -0.3 is 14.4 Å². The van der Waals surface area contributed by atoms with Crippen LogP contribution in [0.2, 0.25) is 0 Å². The van der Waals surface area contributed by atoms with Crippen LogP contribution in [0.3, 0.4) is 0 Å². The Hall–Kier alpha value is -1.43. The van der Waals surface area contributed by atoms with Crippen LogP contribution in [0.15, 0.2) is 42.0 Å². The number of benzene rings is 1. The van der Waals surface area contributed by atoms with Gasteiger partial charge in [-0.3, -0.25) is 4.79 Å². The molecule has 0 radical (unpaired) electrons. The van der Waals surface area contributed by atoms with Crippen molar-refractivity contribution >= 4 is 46.9 Å². The number of alkyl halides is 3. The molecule has 0 N–H and O–H groups in total. The Morgan fingerprint density at radius 3 is 2.50 bits per heavy atom. The highest BCUT2D eigenvalue weighted by Gasteiger charge is 2.41. The minimum Gasteiger partial charge on any atom is -0.461 e. The molecule has 1 aromatic carbocycles. The maximum absolute atomic E-state index is 12.7. The van der Waals surface area contributed by atoms with Crippen LogP contribution in [0.1, 0.15) is 31.2 Å². The molecule has 1 aliphatic carbocycles. The number of allylic oxidation sites excluding steroid dienone is 1. The van der Waals surface area contributed by atoms with Gasteiger partial charge in [-0.2, -0.15) is 0 Å². The largest absolute Gasteiger partial charge is 0.461 e. The summed E-state index contributed by atoms with van der Waals surface area (Å²) in [5, 5.41) is 0.